The molecule has 128 valence electrons. The van der Waals surface area contributed by atoms with Crippen molar-refractivity contribution in [2.75, 3.05) is 26.2 Å². The van der Waals surface area contributed by atoms with E-state index in [0.29, 0.717) is 0 Å². The lowest BCUT2D eigenvalue weighted by Gasteiger charge is -2.43. The Morgan fingerprint density at radius 2 is 1.33 bits per heavy atom. The van der Waals surface area contributed by atoms with Gasteiger partial charge in [0.05, 0.1) is 13.1 Å². The summed E-state index contributed by atoms with van der Waals surface area (Å²) in [4.78, 5) is 4.48. The number of nitrogens with one attached hydrogen (secondary N) is 1. The molecule has 2 nitrogen and oxygen atoms in total. The summed E-state index contributed by atoms with van der Waals surface area (Å²) in [5.74, 6) is 1.76. The highest BCUT2D eigenvalue weighted by molar-refractivity contribution is 5.15. The molecule has 2 bridgehead atoms. The fourth-order valence-corrected chi connectivity index (χ4v) is 4.62. The standard InChI is InChI=1S/C21H26N2.ClH/c1-3-7-18(8-4-1)12-22-14-20-11-21(15-22)17-23(16-20)13-19-9-5-2-6-10-19;/h1-10,20-21H,11-17H2;1H. The summed E-state index contributed by atoms with van der Waals surface area (Å²) in [6.45, 7) is 7.58. The molecule has 2 aromatic rings. The zero-order chi connectivity index (χ0) is 15.5. The van der Waals surface area contributed by atoms with Gasteiger partial charge in [0.1, 0.15) is 6.54 Å². The minimum absolute atomic E-state index is 0. The lowest BCUT2D eigenvalue weighted by atomic mass is 9.84. The number of rotatable bonds is 4. The number of hydrogen-bond donors (Lipinski definition) is 1. The molecule has 2 aromatic carbocycles. The average molecular weight is 343 g/mol. The summed E-state index contributed by atoms with van der Waals surface area (Å²) in [5, 5.41) is 0. The van der Waals surface area contributed by atoms with E-state index in [1.54, 1.807) is 4.90 Å². The van der Waals surface area contributed by atoms with Crippen molar-refractivity contribution < 1.29 is 17.3 Å². The third-order valence-electron chi connectivity index (χ3n) is 5.40. The summed E-state index contributed by atoms with van der Waals surface area (Å²) in [6.07, 6.45) is 1.45. The van der Waals surface area contributed by atoms with Gasteiger partial charge in [-0.2, -0.15) is 0 Å². The van der Waals surface area contributed by atoms with Crippen molar-refractivity contribution in [3.05, 3.63) is 71.8 Å². The van der Waals surface area contributed by atoms with Crippen molar-refractivity contribution >= 4 is 0 Å². The van der Waals surface area contributed by atoms with E-state index in [2.05, 4.69) is 65.6 Å². The molecule has 2 atom stereocenters. The minimum atomic E-state index is 0. The highest BCUT2D eigenvalue weighted by atomic mass is 35.5. The van der Waals surface area contributed by atoms with Gasteiger partial charge in [-0.15, -0.1) is 0 Å². The lowest BCUT2D eigenvalue weighted by molar-refractivity contribution is -0.927. The van der Waals surface area contributed by atoms with Gasteiger partial charge in [0.15, 0.2) is 0 Å². The summed E-state index contributed by atoms with van der Waals surface area (Å²) >= 11 is 0. The molecule has 0 saturated carbocycles. The smallest absolute Gasteiger partial charge is 0.103 e. The van der Waals surface area contributed by atoms with Gasteiger partial charge in [0.25, 0.3) is 0 Å². The second kappa shape index (κ2) is 8.15. The van der Waals surface area contributed by atoms with E-state index in [0.717, 1.165) is 18.4 Å². The van der Waals surface area contributed by atoms with Crippen LogP contribution in [0.15, 0.2) is 60.7 Å². The molecule has 3 heteroatoms. The second-order valence-electron chi connectivity index (χ2n) is 7.47. The van der Waals surface area contributed by atoms with E-state index in [4.69, 9.17) is 0 Å². The fourth-order valence-electron chi connectivity index (χ4n) is 4.62. The van der Waals surface area contributed by atoms with Crippen LogP contribution in [0.3, 0.4) is 0 Å². The maximum absolute atomic E-state index is 2.69. The van der Waals surface area contributed by atoms with Gasteiger partial charge in [0, 0.05) is 37.0 Å². The molecular weight excluding hydrogens is 316 g/mol. The van der Waals surface area contributed by atoms with Gasteiger partial charge in [-0.05, 0) is 12.0 Å². The van der Waals surface area contributed by atoms with Crippen molar-refractivity contribution in [3.8, 4) is 0 Å². The first-order chi connectivity index (χ1) is 11.3. The van der Waals surface area contributed by atoms with Gasteiger partial charge in [-0.3, -0.25) is 4.90 Å². The Labute approximate surface area is 151 Å². The predicted octanol–water partition coefficient (Wildman–Crippen LogP) is -0.773. The van der Waals surface area contributed by atoms with E-state index < -0.39 is 0 Å². The van der Waals surface area contributed by atoms with Crippen molar-refractivity contribution in [2.45, 2.75) is 19.5 Å². The molecule has 4 rings (SSSR count). The maximum atomic E-state index is 2.69. The van der Waals surface area contributed by atoms with Crippen molar-refractivity contribution in [1.82, 2.24) is 4.90 Å². The summed E-state index contributed by atoms with van der Waals surface area (Å²) in [6, 6.07) is 22.0. The van der Waals surface area contributed by atoms with E-state index in [1.165, 1.54) is 50.3 Å². The highest BCUT2D eigenvalue weighted by Gasteiger charge is 2.36. The predicted molar refractivity (Wildman–Crippen MR) is 94.2 cm³/mol. The number of fused-ring (bicyclic) bond motifs is 2. The van der Waals surface area contributed by atoms with Crippen LogP contribution in [0.2, 0.25) is 0 Å². The van der Waals surface area contributed by atoms with Crippen LogP contribution >= 0.6 is 0 Å². The summed E-state index contributed by atoms with van der Waals surface area (Å²) in [5.41, 5.74) is 2.95. The molecule has 24 heavy (non-hydrogen) atoms. The van der Waals surface area contributed by atoms with Gasteiger partial charge in [-0.25, -0.2) is 0 Å². The zero-order valence-corrected chi connectivity index (χ0v) is 15.0. The van der Waals surface area contributed by atoms with Gasteiger partial charge in [-0.1, -0.05) is 60.7 Å². The van der Waals surface area contributed by atoms with Crippen LogP contribution < -0.4 is 17.3 Å². The molecule has 2 aliphatic heterocycles. The Morgan fingerprint density at radius 3 is 1.92 bits per heavy atom. The number of nitrogens with zero attached hydrogens (tertiary/aromatic N) is 1. The minimum Gasteiger partial charge on any atom is -1.00 e. The number of quaternary nitrogens is 1. The molecule has 2 heterocycles. The molecule has 2 aliphatic rings. The first kappa shape index (κ1) is 17.5. The molecule has 2 fully saturated rings. The number of benzene rings is 2. The van der Waals surface area contributed by atoms with Crippen LogP contribution in [0.5, 0.6) is 0 Å². The highest BCUT2D eigenvalue weighted by Crippen LogP contribution is 2.24. The van der Waals surface area contributed by atoms with E-state index in [-0.39, 0.29) is 12.4 Å². The van der Waals surface area contributed by atoms with E-state index in [9.17, 15) is 0 Å². The average Bonchev–Trinajstić information content (AvgIpc) is 2.56. The molecule has 0 amide bonds. The molecule has 2 unspecified atom stereocenters. The van der Waals surface area contributed by atoms with Crippen molar-refractivity contribution in [2.24, 2.45) is 11.8 Å². The molecule has 0 radical (unpaired) electrons. The van der Waals surface area contributed by atoms with Crippen LogP contribution in [0.1, 0.15) is 17.5 Å². The summed E-state index contributed by atoms with van der Waals surface area (Å²) in [7, 11) is 0. The SMILES string of the molecule is [Cl-].c1ccc(CN2CC3CC(C2)C[NH+](Cc2ccccc2)C3)cc1. The topological polar surface area (TPSA) is 7.68 Å². The van der Waals surface area contributed by atoms with E-state index >= 15 is 0 Å². The first-order valence-corrected chi connectivity index (χ1v) is 8.99. The van der Waals surface area contributed by atoms with Crippen LogP contribution in [0.25, 0.3) is 0 Å². The van der Waals surface area contributed by atoms with Gasteiger partial charge in [0.2, 0.25) is 0 Å². The van der Waals surface area contributed by atoms with E-state index in [1.807, 2.05) is 0 Å². The Kier molecular flexibility index (Phi) is 5.94. The Bertz CT molecular complexity index is 549. The molecule has 0 aliphatic carbocycles. The van der Waals surface area contributed by atoms with Gasteiger partial charge < -0.3 is 17.3 Å². The van der Waals surface area contributed by atoms with Gasteiger partial charge >= 0.3 is 0 Å². The van der Waals surface area contributed by atoms with Crippen LogP contribution in [0, 0.1) is 11.8 Å². The lowest BCUT2D eigenvalue weighted by Crippen LogP contribution is -3.13. The monoisotopic (exact) mass is 342 g/mol. The molecule has 1 N–H and O–H groups in total. The van der Waals surface area contributed by atoms with Crippen molar-refractivity contribution in [1.29, 1.82) is 0 Å². The Morgan fingerprint density at radius 1 is 0.792 bits per heavy atom. The first-order valence-electron chi connectivity index (χ1n) is 8.99. The number of likely N-dealkylation sites (tertiary alicyclic amines) is 2. The molecule has 0 spiro atoms. The molecule has 2 saturated heterocycles. The van der Waals surface area contributed by atoms with Crippen LogP contribution in [-0.4, -0.2) is 31.1 Å². The number of hydrogen-bond acceptors (Lipinski definition) is 1. The number of halogens is 1. The van der Waals surface area contributed by atoms with Crippen molar-refractivity contribution in [3.63, 3.8) is 0 Å². The maximum Gasteiger partial charge on any atom is 0.103 e. The fraction of sp³-hybridized carbons (Fsp3) is 0.429. The molecular formula is C21H27ClN2. The summed E-state index contributed by atoms with van der Waals surface area (Å²) < 4.78 is 0. The quantitative estimate of drug-likeness (QED) is 0.766. The largest absolute Gasteiger partial charge is 1.00 e. The second-order valence-corrected chi connectivity index (χ2v) is 7.47. The Hall–Kier alpha value is -1.35. The third kappa shape index (κ3) is 4.38. The third-order valence-corrected chi connectivity index (χ3v) is 5.40. The Balaban J connectivity index is 0.00000169. The normalized spacial score (nSPS) is 26.6. The van der Waals surface area contributed by atoms with Crippen LogP contribution in [0.4, 0.5) is 0 Å². The zero-order valence-electron chi connectivity index (χ0n) is 14.2. The molecule has 0 aromatic heterocycles. The van der Waals surface area contributed by atoms with Crippen LogP contribution in [-0.2, 0) is 13.1 Å². The number of piperidine rings is 2.